The van der Waals surface area contributed by atoms with Crippen molar-refractivity contribution in [1.29, 1.82) is 0 Å². The number of hydrogen-bond acceptors (Lipinski definition) is 3. The molecule has 0 saturated carbocycles. The van der Waals surface area contributed by atoms with Crippen molar-refractivity contribution in [3.63, 3.8) is 0 Å². The maximum Gasteiger partial charge on any atom is 0.244 e. The van der Waals surface area contributed by atoms with Gasteiger partial charge in [-0.05, 0) is 12.5 Å². The SMILES string of the molecule is CCN(C)C(=O)CN=C1NC(c2ccccc2)CS1. The number of nitrogens with zero attached hydrogens (tertiary/aromatic N) is 2. The van der Waals surface area contributed by atoms with E-state index in [2.05, 4.69) is 22.4 Å². The number of thioether (sulfide) groups is 1. The van der Waals surface area contributed by atoms with Crippen LogP contribution in [0.2, 0.25) is 0 Å². The highest BCUT2D eigenvalue weighted by Crippen LogP contribution is 2.25. The van der Waals surface area contributed by atoms with Gasteiger partial charge in [-0.25, -0.2) is 0 Å². The third-order valence-electron chi connectivity index (χ3n) is 3.14. The van der Waals surface area contributed by atoms with Crippen molar-refractivity contribution in [2.45, 2.75) is 13.0 Å². The molecule has 0 radical (unpaired) electrons. The van der Waals surface area contributed by atoms with Crippen molar-refractivity contribution in [3.8, 4) is 0 Å². The molecular formula is C14H19N3OS. The van der Waals surface area contributed by atoms with E-state index in [1.165, 1.54) is 5.56 Å². The van der Waals surface area contributed by atoms with Crippen LogP contribution >= 0.6 is 11.8 Å². The maximum absolute atomic E-state index is 11.7. The first-order valence-corrected chi connectivity index (χ1v) is 7.42. The lowest BCUT2D eigenvalue weighted by Crippen LogP contribution is -2.29. The molecule has 1 N–H and O–H groups in total. The second kappa shape index (κ2) is 6.61. The Kier molecular flexibility index (Phi) is 4.85. The first-order chi connectivity index (χ1) is 9.20. The summed E-state index contributed by atoms with van der Waals surface area (Å²) in [5.41, 5.74) is 1.26. The van der Waals surface area contributed by atoms with Crippen molar-refractivity contribution in [2.24, 2.45) is 4.99 Å². The molecule has 1 saturated heterocycles. The number of carbonyl (C=O) groups is 1. The van der Waals surface area contributed by atoms with E-state index < -0.39 is 0 Å². The van der Waals surface area contributed by atoms with Gasteiger partial charge in [-0.3, -0.25) is 9.79 Å². The van der Waals surface area contributed by atoms with Gasteiger partial charge in [-0.1, -0.05) is 42.1 Å². The van der Waals surface area contributed by atoms with E-state index in [-0.39, 0.29) is 12.5 Å². The molecule has 0 spiro atoms. The molecule has 0 aliphatic carbocycles. The summed E-state index contributed by atoms with van der Waals surface area (Å²) in [6.07, 6.45) is 0. The van der Waals surface area contributed by atoms with Gasteiger partial charge < -0.3 is 10.2 Å². The van der Waals surface area contributed by atoms with E-state index >= 15 is 0 Å². The Hall–Kier alpha value is -1.49. The molecule has 5 heteroatoms. The van der Waals surface area contributed by atoms with Gasteiger partial charge in [0.05, 0.1) is 6.04 Å². The van der Waals surface area contributed by atoms with Gasteiger partial charge in [0.2, 0.25) is 5.91 Å². The van der Waals surface area contributed by atoms with Crippen LogP contribution in [-0.2, 0) is 4.79 Å². The highest BCUT2D eigenvalue weighted by Gasteiger charge is 2.21. The summed E-state index contributed by atoms with van der Waals surface area (Å²) in [5.74, 6) is 1.02. The summed E-state index contributed by atoms with van der Waals surface area (Å²) < 4.78 is 0. The van der Waals surface area contributed by atoms with E-state index in [1.54, 1.807) is 23.7 Å². The average Bonchev–Trinajstić information content (AvgIpc) is 2.93. The van der Waals surface area contributed by atoms with Crippen LogP contribution in [-0.4, -0.2) is 41.9 Å². The summed E-state index contributed by atoms with van der Waals surface area (Å²) in [6, 6.07) is 10.6. The molecule has 2 rings (SSSR count). The van der Waals surface area contributed by atoms with E-state index in [4.69, 9.17) is 0 Å². The molecule has 1 fully saturated rings. The van der Waals surface area contributed by atoms with E-state index in [1.807, 2.05) is 25.1 Å². The average molecular weight is 277 g/mol. The number of rotatable bonds is 4. The van der Waals surface area contributed by atoms with Gasteiger partial charge in [0, 0.05) is 19.3 Å². The molecular weight excluding hydrogens is 258 g/mol. The Morgan fingerprint density at radius 2 is 2.21 bits per heavy atom. The first-order valence-electron chi connectivity index (χ1n) is 6.43. The zero-order valence-corrected chi connectivity index (χ0v) is 12.1. The van der Waals surface area contributed by atoms with Gasteiger partial charge in [-0.15, -0.1) is 0 Å². The van der Waals surface area contributed by atoms with Gasteiger partial charge in [-0.2, -0.15) is 0 Å². The molecule has 4 nitrogen and oxygen atoms in total. The number of nitrogens with one attached hydrogen (secondary N) is 1. The predicted octanol–water partition coefficient (Wildman–Crippen LogP) is 1.90. The van der Waals surface area contributed by atoms with E-state index in [9.17, 15) is 4.79 Å². The minimum absolute atomic E-state index is 0.0561. The highest BCUT2D eigenvalue weighted by atomic mass is 32.2. The molecule has 1 aromatic rings. The monoisotopic (exact) mass is 277 g/mol. The molecule has 1 aliphatic rings. The van der Waals surface area contributed by atoms with Crippen LogP contribution in [0, 0.1) is 0 Å². The molecule has 102 valence electrons. The third kappa shape index (κ3) is 3.73. The topological polar surface area (TPSA) is 44.7 Å². The van der Waals surface area contributed by atoms with Crippen molar-refractivity contribution >= 4 is 22.8 Å². The predicted molar refractivity (Wildman–Crippen MR) is 80.4 cm³/mol. The first kappa shape index (κ1) is 13.9. The number of carbonyl (C=O) groups excluding carboxylic acids is 1. The van der Waals surface area contributed by atoms with Crippen LogP contribution in [0.15, 0.2) is 35.3 Å². The van der Waals surface area contributed by atoms with Crippen molar-refractivity contribution in [1.82, 2.24) is 10.2 Å². The zero-order chi connectivity index (χ0) is 13.7. The normalized spacial score (nSPS) is 20.3. The Morgan fingerprint density at radius 1 is 1.47 bits per heavy atom. The van der Waals surface area contributed by atoms with Crippen LogP contribution in [0.1, 0.15) is 18.5 Å². The lowest BCUT2D eigenvalue weighted by atomic mass is 10.1. The van der Waals surface area contributed by atoms with Crippen LogP contribution in [0.3, 0.4) is 0 Å². The molecule has 1 atom stereocenters. The van der Waals surface area contributed by atoms with Crippen molar-refractivity contribution in [2.75, 3.05) is 25.9 Å². The maximum atomic E-state index is 11.7. The van der Waals surface area contributed by atoms with Gasteiger partial charge >= 0.3 is 0 Å². The van der Waals surface area contributed by atoms with E-state index in [0.29, 0.717) is 6.04 Å². The lowest BCUT2D eigenvalue weighted by Gasteiger charge is -2.13. The number of amidine groups is 1. The summed E-state index contributed by atoms with van der Waals surface area (Å²) in [4.78, 5) is 17.7. The minimum atomic E-state index is 0.0561. The molecule has 19 heavy (non-hydrogen) atoms. The minimum Gasteiger partial charge on any atom is -0.357 e. The largest absolute Gasteiger partial charge is 0.357 e. The van der Waals surface area contributed by atoms with Crippen molar-refractivity contribution in [3.05, 3.63) is 35.9 Å². The smallest absolute Gasteiger partial charge is 0.244 e. The Balaban J connectivity index is 1.90. The number of hydrogen-bond donors (Lipinski definition) is 1. The quantitative estimate of drug-likeness (QED) is 0.914. The molecule has 1 amide bonds. The second-order valence-corrected chi connectivity index (χ2v) is 5.46. The third-order valence-corrected chi connectivity index (χ3v) is 4.16. The molecule has 0 bridgehead atoms. The number of amides is 1. The number of benzene rings is 1. The van der Waals surface area contributed by atoms with Crippen LogP contribution in [0.5, 0.6) is 0 Å². The second-order valence-electron chi connectivity index (χ2n) is 4.45. The Morgan fingerprint density at radius 3 is 2.89 bits per heavy atom. The van der Waals surface area contributed by atoms with Crippen LogP contribution < -0.4 is 5.32 Å². The van der Waals surface area contributed by atoms with Crippen molar-refractivity contribution < 1.29 is 4.79 Å². The fourth-order valence-electron chi connectivity index (χ4n) is 1.79. The fraction of sp³-hybridized carbons (Fsp3) is 0.429. The summed E-state index contributed by atoms with van der Waals surface area (Å²) in [5, 5.41) is 4.23. The molecule has 1 unspecified atom stereocenters. The Labute approximate surface area is 118 Å². The summed E-state index contributed by atoms with van der Waals surface area (Å²) in [6.45, 7) is 2.90. The fourth-order valence-corrected chi connectivity index (χ4v) is 2.77. The molecule has 0 aromatic heterocycles. The highest BCUT2D eigenvalue weighted by molar-refractivity contribution is 8.14. The summed E-state index contributed by atoms with van der Waals surface area (Å²) in [7, 11) is 1.80. The zero-order valence-electron chi connectivity index (χ0n) is 11.3. The van der Waals surface area contributed by atoms with Crippen LogP contribution in [0.4, 0.5) is 0 Å². The van der Waals surface area contributed by atoms with Gasteiger partial charge in [0.15, 0.2) is 5.17 Å². The summed E-state index contributed by atoms with van der Waals surface area (Å²) >= 11 is 1.67. The lowest BCUT2D eigenvalue weighted by molar-refractivity contribution is -0.128. The molecule has 1 aliphatic heterocycles. The van der Waals surface area contributed by atoms with Gasteiger partial charge in [0.1, 0.15) is 6.54 Å². The molecule has 1 heterocycles. The molecule has 1 aromatic carbocycles. The van der Waals surface area contributed by atoms with Gasteiger partial charge in [0.25, 0.3) is 0 Å². The Bertz CT molecular complexity index is 461. The number of aliphatic imine (C=N–C) groups is 1. The van der Waals surface area contributed by atoms with Crippen LogP contribution in [0.25, 0.3) is 0 Å². The van der Waals surface area contributed by atoms with E-state index in [0.717, 1.165) is 17.5 Å². The standard InChI is InChI=1S/C14H19N3OS/c1-3-17(2)13(18)9-15-14-16-12(10-19-14)11-7-5-4-6-8-11/h4-8,12H,3,9-10H2,1-2H3,(H,15,16). The number of likely N-dealkylation sites (N-methyl/N-ethyl adjacent to an activating group) is 1.